The molecular formula is C14H20ClNO3. The van der Waals surface area contributed by atoms with Gasteiger partial charge in [0.2, 0.25) is 0 Å². The van der Waals surface area contributed by atoms with Crippen molar-refractivity contribution in [2.75, 3.05) is 26.9 Å². The largest absolute Gasteiger partial charge is 0.492 e. The van der Waals surface area contributed by atoms with E-state index in [0.29, 0.717) is 24.8 Å². The smallest absolute Gasteiger partial charge is 0.142 e. The zero-order valence-electron chi connectivity index (χ0n) is 11.1. The minimum Gasteiger partial charge on any atom is -0.492 e. The first kappa shape index (κ1) is 14.6. The molecule has 5 heteroatoms. The number of para-hydroxylation sites is 1. The van der Waals surface area contributed by atoms with E-state index in [9.17, 15) is 5.11 Å². The molecule has 0 spiro atoms. The fraction of sp³-hybridized carbons (Fsp3) is 0.571. The van der Waals surface area contributed by atoms with E-state index in [2.05, 4.69) is 5.32 Å². The van der Waals surface area contributed by atoms with Crippen molar-refractivity contribution in [1.29, 1.82) is 0 Å². The standard InChI is InChI=1S/C14H20ClNO3/c1-18-9-10(17)8-16-13-6-3-7-19-14-11(13)4-2-5-12(14)15/h2,4-5,10,13,16-17H,3,6-9H2,1H3/t10-,13?/m0/s1. The van der Waals surface area contributed by atoms with Gasteiger partial charge in [-0.15, -0.1) is 0 Å². The Balaban J connectivity index is 2.07. The molecule has 0 fully saturated rings. The fourth-order valence-electron chi connectivity index (χ4n) is 2.31. The number of aliphatic hydroxyl groups is 1. The van der Waals surface area contributed by atoms with Crippen LogP contribution >= 0.6 is 11.6 Å². The minimum atomic E-state index is -0.503. The Kier molecular flexibility index (Phi) is 5.45. The predicted octanol–water partition coefficient (Wildman–Crippen LogP) is 2.15. The summed E-state index contributed by atoms with van der Waals surface area (Å²) in [5.74, 6) is 0.764. The van der Waals surface area contributed by atoms with Crippen LogP contribution in [-0.4, -0.2) is 38.1 Å². The van der Waals surface area contributed by atoms with Gasteiger partial charge in [0.1, 0.15) is 5.75 Å². The zero-order chi connectivity index (χ0) is 13.7. The lowest BCUT2D eigenvalue weighted by Gasteiger charge is -2.20. The molecule has 0 amide bonds. The number of fused-ring (bicyclic) bond motifs is 1. The van der Waals surface area contributed by atoms with Crippen molar-refractivity contribution >= 4 is 11.6 Å². The first-order valence-electron chi connectivity index (χ1n) is 6.54. The van der Waals surface area contributed by atoms with Gasteiger partial charge in [0, 0.05) is 25.3 Å². The normalized spacial score (nSPS) is 20.3. The summed E-state index contributed by atoms with van der Waals surface area (Å²) in [6, 6.07) is 5.94. The van der Waals surface area contributed by atoms with Gasteiger partial charge >= 0.3 is 0 Å². The van der Waals surface area contributed by atoms with Crippen LogP contribution in [0.5, 0.6) is 5.75 Å². The summed E-state index contributed by atoms with van der Waals surface area (Å²) in [6.07, 6.45) is 1.42. The molecule has 2 N–H and O–H groups in total. The summed E-state index contributed by atoms with van der Waals surface area (Å²) >= 11 is 6.17. The average Bonchev–Trinajstić information content (AvgIpc) is 2.60. The van der Waals surface area contributed by atoms with Crippen molar-refractivity contribution in [3.63, 3.8) is 0 Å². The molecule has 1 heterocycles. The number of rotatable bonds is 5. The molecule has 0 radical (unpaired) electrons. The highest BCUT2D eigenvalue weighted by Gasteiger charge is 2.21. The van der Waals surface area contributed by atoms with E-state index < -0.39 is 6.10 Å². The maximum Gasteiger partial charge on any atom is 0.142 e. The Hall–Kier alpha value is -0.810. The third kappa shape index (κ3) is 3.83. The average molecular weight is 286 g/mol. The van der Waals surface area contributed by atoms with Crippen molar-refractivity contribution in [3.05, 3.63) is 28.8 Å². The summed E-state index contributed by atoms with van der Waals surface area (Å²) in [5.41, 5.74) is 1.06. The molecule has 0 aliphatic carbocycles. The van der Waals surface area contributed by atoms with Gasteiger partial charge in [-0.3, -0.25) is 0 Å². The summed E-state index contributed by atoms with van der Waals surface area (Å²) in [7, 11) is 1.58. The SMILES string of the molecule is COC[C@@H](O)CNC1CCCOc2c(Cl)cccc21. The number of ether oxygens (including phenoxy) is 2. The quantitative estimate of drug-likeness (QED) is 0.870. The fourth-order valence-corrected chi connectivity index (χ4v) is 2.55. The van der Waals surface area contributed by atoms with Crippen LogP contribution in [0.1, 0.15) is 24.4 Å². The van der Waals surface area contributed by atoms with E-state index in [1.165, 1.54) is 0 Å². The monoisotopic (exact) mass is 285 g/mol. The van der Waals surface area contributed by atoms with Crippen molar-refractivity contribution < 1.29 is 14.6 Å². The van der Waals surface area contributed by atoms with E-state index in [-0.39, 0.29) is 6.04 Å². The van der Waals surface area contributed by atoms with E-state index in [1.54, 1.807) is 7.11 Å². The van der Waals surface area contributed by atoms with Gasteiger partial charge in [-0.25, -0.2) is 0 Å². The van der Waals surface area contributed by atoms with E-state index in [1.807, 2.05) is 18.2 Å². The number of halogens is 1. The molecule has 4 nitrogen and oxygen atoms in total. The third-order valence-corrected chi connectivity index (χ3v) is 3.51. The molecule has 1 aromatic carbocycles. The highest BCUT2D eigenvalue weighted by Crippen LogP contribution is 2.36. The lowest BCUT2D eigenvalue weighted by atomic mass is 10.0. The van der Waals surface area contributed by atoms with E-state index in [4.69, 9.17) is 21.1 Å². The Morgan fingerprint density at radius 2 is 2.42 bits per heavy atom. The number of hydrogen-bond donors (Lipinski definition) is 2. The van der Waals surface area contributed by atoms with Gasteiger partial charge < -0.3 is 19.9 Å². The van der Waals surface area contributed by atoms with Crippen LogP contribution < -0.4 is 10.1 Å². The molecule has 106 valence electrons. The van der Waals surface area contributed by atoms with Crippen LogP contribution in [0.3, 0.4) is 0 Å². The molecular weight excluding hydrogens is 266 g/mol. The zero-order valence-corrected chi connectivity index (χ0v) is 11.8. The molecule has 19 heavy (non-hydrogen) atoms. The molecule has 2 rings (SSSR count). The third-order valence-electron chi connectivity index (χ3n) is 3.22. The van der Waals surface area contributed by atoms with Crippen LogP contribution in [0.2, 0.25) is 5.02 Å². The molecule has 1 aromatic rings. The second-order valence-corrected chi connectivity index (χ2v) is 5.13. The van der Waals surface area contributed by atoms with Crippen molar-refractivity contribution in [3.8, 4) is 5.75 Å². The molecule has 1 unspecified atom stereocenters. The second kappa shape index (κ2) is 7.10. The molecule has 0 saturated heterocycles. The van der Waals surface area contributed by atoms with Gasteiger partial charge in [0.25, 0.3) is 0 Å². The lowest BCUT2D eigenvalue weighted by molar-refractivity contribution is 0.0625. The second-order valence-electron chi connectivity index (χ2n) is 4.72. The molecule has 1 aliphatic rings. The Bertz CT molecular complexity index is 414. The predicted molar refractivity (Wildman–Crippen MR) is 74.8 cm³/mol. The van der Waals surface area contributed by atoms with Crippen molar-refractivity contribution in [1.82, 2.24) is 5.32 Å². The van der Waals surface area contributed by atoms with Crippen LogP contribution in [-0.2, 0) is 4.74 Å². The van der Waals surface area contributed by atoms with Gasteiger partial charge in [0.05, 0.1) is 24.3 Å². The summed E-state index contributed by atoms with van der Waals surface area (Å²) in [4.78, 5) is 0. The van der Waals surface area contributed by atoms with Crippen molar-refractivity contribution in [2.24, 2.45) is 0 Å². The molecule has 0 aromatic heterocycles. The Labute approximate surface area is 118 Å². The highest BCUT2D eigenvalue weighted by atomic mass is 35.5. The maximum atomic E-state index is 9.71. The van der Waals surface area contributed by atoms with Crippen molar-refractivity contribution in [2.45, 2.75) is 25.0 Å². The molecule has 0 saturated carbocycles. The van der Waals surface area contributed by atoms with Gasteiger partial charge in [-0.2, -0.15) is 0 Å². The first-order chi connectivity index (χ1) is 9.22. The Morgan fingerprint density at radius 3 is 3.21 bits per heavy atom. The molecule has 0 bridgehead atoms. The molecule has 2 atom stereocenters. The van der Waals surface area contributed by atoms with E-state index >= 15 is 0 Å². The van der Waals surface area contributed by atoms with E-state index in [0.717, 1.165) is 24.2 Å². The maximum absolute atomic E-state index is 9.71. The number of benzene rings is 1. The Morgan fingerprint density at radius 1 is 1.58 bits per heavy atom. The minimum absolute atomic E-state index is 0.155. The van der Waals surface area contributed by atoms with Crippen LogP contribution in [0.15, 0.2) is 18.2 Å². The van der Waals surface area contributed by atoms with Crippen LogP contribution in [0.4, 0.5) is 0 Å². The van der Waals surface area contributed by atoms with Crippen LogP contribution in [0.25, 0.3) is 0 Å². The van der Waals surface area contributed by atoms with Gasteiger partial charge in [-0.1, -0.05) is 23.7 Å². The number of hydrogen-bond acceptors (Lipinski definition) is 4. The van der Waals surface area contributed by atoms with Gasteiger partial charge in [-0.05, 0) is 18.9 Å². The first-order valence-corrected chi connectivity index (χ1v) is 6.91. The van der Waals surface area contributed by atoms with Crippen LogP contribution in [0, 0.1) is 0 Å². The number of aliphatic hydroxyl groups excluding tert-OH is 1. The summed E-state index contributed by atoms with van der Waals surface area (Å²) in [5, 5.41) is 13.7. The van der Waals surface area contributed by atoms with Gasteiger partial charge in [0.15, 0.2) is 0 Å². The lowest BCUT2D eigenvalue weighted by Crippen LogP contribution is -2.32. The summed E-state index contributed by atoms with van der Waals surface area (Å²) < 4.78 is 10.6. The number of nitrogens with one attached hydrogen (secondary N) is 1. The highest BCUT2D eigenvalue weighted by molar-refractivity contribution is 6.32. The number of methoxy groups -OCH3 is 1. The molecule has 1 aliphatic heterocycles. The summed E-state index contributed by atoms with van der Waals surface area (Å²) in [6.45, 7) is 1.50. The topological polar surface area (TPSA) is 50.7 Å².